The molecule has 0 aromatic heterocycles. The van der Waals surface area contributed by atoms with Crippen LogP contribution in [0, 0.1) is 10.8 Å². The van der Waals surface area contributed by atoms with Gasteiger partial charge in [0, 0.05) is 13.1 Å². The summed E-state index contributed by atoms with van der Waals surface area (Å²) >= 11 is 0. The van der Waals surface area contributed by atoms with Crippen molar-refractivity contribution >= 4 is 5.97 Å². The summed E-state index contributed by atoms with van der Waals surface area (Å²) in [6.07, 6.45) is 7.69. The second kappa shape index (κ2) is 9.05. The third kappa shape index (κ3) is 7.24. The van der Waals surface area contributed by atoms with E-state index < -0.39 is 0 Å². The molecule has 0 atom stereocenters. The molecular weight excluding hydrogens is 286 g/mol. The van der Waals surface area contributed by atoms with Crippen molar-refractivity contribution in [2.45, 2.75) is 92.6 Å². The first-order valence-corrected chi connectivity index (χ1v) is 9.63. The lowest BCUT2D eigenvalue weighted by molar-refractivity contribution is -0.162. The van der Waals surface area contributed by atoms with Crippen LogP contribution in [0.15, 0.2) is 0 Å². The van der Waals surface area contributed by atoms with E-state index in [0.29, 0.717) is 5.41 Å². The van der Waals surface area contributed by atoms with E-state index in [0.717, 1.165) is 38.8 Å². The molecule has 1 fully saturated rings. The average molecular weight is 326 g/mol. The summed E-state index contributed by atoms with van der Waals surface area (Å²) in [5.41, 5.74) is 0.0243. The molecule has 1 aliphatic rings. The smallest absolute Gasteiger partial charge is 0.311 e. The Morgan fingerprint density at radius 3 is 2.22 bits per heavy atom. The van der Waals surface area contributed by atoms with Crippen LogP contribution in [0.2, 0.25) is 0 Å². The highest BCUT2D eigenvalue weighted by Crippen LogP contribution is 2.32. The fourth-order valence-corrected chi connectivity index (χ4v) is 3.17. The number of nitrogens with zero attached hydrogens (tertiary/aromatic N) is 1. The SMILES string of the molecule is CCCN1CCC(OC(=O)C(C)(C)CCCC(C)(C)CC)CC1. The first-order valence-electron chi connectivity index (χ1n) is 9.63. The molecule has 0 unspecified atom stereocenters. The summed E-state index contributed by atoms with van der Waals surface area (Å²) in [5, 5.41) is 0. The fraction of sp³-hybridized carbons (Fsp3) is 0.950. The number of carbonyl (C=O) groups excluding carboxylic acids is 1. The van der Waals surface area contributed by atoms with E-state index in [4.69, 9.17) is 4.74 Å². The molecule has 0 bridgehead atoms. The molecule has 0 N–H and O–H groups in total. The number of carbonyl (C=O) groups is 1. The Morgan fingerprint density at radius 2 is 1.70 bits per heavy atom. The van der Waals surface area contributed by atoms with Crippen molar-refractivity contribution in [2.24, 2.45) is 10.8 Å². The van der Waals surface area contributed by atoms with E-state index in [1.807, 2.05) is 13.8 Å². The fourth-order valence-electron chi connectivity index (χ4n) is 3.17. The van der Waals surface area contributed by atoms with Gasteiger partial charge in [-0.05, 0) is 57.9 Å². The van der Waals surface area contributed by atoms with Gasteiger partial charge < -0.3 is 9.64 Å². The van der Waals surface area contributed by atoms with Crippen molar-refractivity contribution in [3.8, 4) is 0 Å². The standard InChI is InChI=1S/C20H39NO2/c1-7-14-21-15-10-17(11-16-21)23-18(22)20(5,6)13-9-12-19(3,4)8-2/h17H,7-16H2,1-6H3. The maximum atomic E-state index is 12.5. The Morgan fingerprint density at radius 1 is 1.09 bits per heavy atom. The monoisotopic (exact) mass is 325 g/mol. The zero-order valence-corrected chi connectivity index (χ0v) is 16.4. The largest absolute Gasteiger partial charge is 0.462 e. The highest BCUT2D eigenvalue weighted by atomic mass is 16.5. The van der Waals surface area contributed by atoms with Crippen molar-refractivity contribution in [3.63, 3.8) is 0 Å². The number of ether oxygens (including phenoxy) is 1. The summed E-state index contributed by atoms with van der Waals surface area (Å²) in [5.74, 6) is 0.000691. The van der Waals surface area contributed by atoms with Crippen LogP contribution in [-0.4, -0.2) is 36.6 Å². The van der Waals surface area contributed by atoms with Crippen molar-refractivity contribution in [1.82, 2.24) is 4.90 Å². The molecule has 0 aliphatic carbocycles. The predicted octanol–water partition coefficient (Wildman–Crippen LogP) is 5.04. The maximum absolute atomic E-state index is 12.5. The van der Waals surface area contributed by atoms with E-state index >= 15 is 0 Å². The zero-order valence-electron chi connectivity index (χ0n) is 16.4. The van der Waals surface area contributed by atoms with Gasteiger partial charge in [0.05, 0.1) is 5.41 Å². The van der Waals surface area contributed by atoms with Crippen molar-refractivity contribution < 1.29 is 9.53 Å². The number of hydrogen-bond acceptors (Lipinski definition) is 3. The highest BCUT2D eigenvalue weighted by molar-refractivity contribution is 5.76. The van der Waals surface area contributed by atoms with Crippen LogP contribution in [0.4, 0.5) is 0 Å². The number of rotatable bonds is 9. The van der Waals surface area contributed by atoms with Crippen molar-refractivity contribution in [2.75, 3.05) is 19.6 Å². The van der Waals surface area contributed by atoms with Crippen LogP contribution in [0.1, 0.15) is 86.5 Å². The lowest BCUT2D eigenvalue weighted by Gasteiger charge is -2.33. The molecule has 23 heavy (non-hydrogen) atoms. The van der Waals surface area contributed by atoms with Gasteiger partial charge in [-0.2, -0.15) is 0 Å². The Balaban J connectivity index is 2.35. The third-order valence-electron chi connectivity index (χ3n) is 5.51. The van der Waals surface area contributed by atoms with Crippen LogP contribution < -0.4 is 0 Å². The number of esters is 1. The second-order valence-corrected chi connectivity index (χ2v) is 8.70. The van der Waals surface area contributed by atoms with Gasteiger partial charge in [-0.1, -0.05) is 40.5 Å². The van der Waals surface area contributed by atoms with E-state index in [1.54, 1.807) is 0 Å². The molecule has 0 amide bonds. The molecule has 0 aromatic rings. The van der Waals surface area contributed by atoms with Crippen LogP contribution in [-0.2, 0) is 9.53 Å². The van der Waals surface area contributed by atoms with Gasteiger partial charge in [-0.15, -0.1) is 0 Å². The van der Waals surface area contributed by atoms with Crippen molar-refractivity contribution in [3.05, 3.63) is 0 Å². The second-order valence-electron chi connectivity index (χ2n) is 8.70. The summed E-state index contributed by atoms with van der Waals surface area (Å²) in [6, 6.07) is 0. The first kappa shape index (κ1) is 20.5. The molecule has 1 aliphatic heterocycles. The molecule has 3 heteroatoms. The Kier molecular flexibility index (Phi) is 8.06. The van der Waals surface area contributed by atoms with Crippen LogP contribution >= 0.6 is 0 Å². The topological polar surface area (TPSA) is 29.5 Å². The molecule has 1 saturated heterocycles. The molecule has 1 rings (SSSR count). The van der Waals surface area contributed by atoms with Gasteiger partial charge in [0.15, 0.2) is 0 Å². The average Bonchev–Trinajstić information content (AvgIpc) is 2.49. The van der Waals surface area contributed by atoms with Crippen molar-refractivity contribution in [1.29, 1.82) is 0 Å². The first-order chi connectivity index (χ1) is 10.7. The van der Waals surface area contributed by atoms with Gasteiger partial charge in [0.2, 0.25) is 0 Å². The minimum absolute atomic E-state index is 0.000691. The Hall–Kier alpha value is -0.570. The van der Waals surface area contributed by atoms with Crippen LogP contribution in [0.3, 0.4) is 0 Å². The zero-order chi connectivity index (χ0) is 17.5. The highest BCUT2D eigenvalue weighted by Gasteiger charge is 2.32. The third-order valence-corrected chi connectivity index (χ3v) is 5.51. The number of piperidine rings is 1. The molecule has 0 aromatic carbocycles. The summed E-state index contributed by atoms with van der Waals surface area (Å²) < 4.78 is 5.83. The molecule has 0 radical (unpaired) electrons. The minimum Gasteiger partial charge on any atom is -0.462 e. The summed E-state index contributed by atoms with van der Waals surface area (Å²) in [7, 11) is 0. The molecule has 136 valence electrons. The van der Waals surface area contributed by atoms with Crippen LogP contribution in [0.5, 0.6) is 0 Å². The van der Waals surface area contributed by atoms with Gasteiger partial charge in [0.25, 0.3) is 0 Å². The van der Waals surface area contributed by atoms with Gasteiger partial charge in [0.1, 0.15) is 6.10 Å². The summed E-state index contributed by atoms with van der Waals surface area (Å²) in [4.78, 5) is 15.0. The normalized spacial score (nSPS) is 18.2. The van der Waals surface area contributed by atoms with E-state index in [9.17, 15) is 4.79 Å². The summed E-state index contributed by atoms with van der Waals surface area (Å²) in [6.45, 7) is 16.5. The number of likely N-dealkylation sites (tertiary alicyclic amines) is 1. The molecule has 0 spiro atoms. The lowest BCUT2D eigenvalue weighted by atomic mass is 9.80. The van der Waals surface area contributed by atoms with E-state index in [1.165, 1.54) is 25.8 Å². The predicted molar refractivity (Wildman–Crippen MR) is 97.5 cm³/mol. The number of hydrogen-bond donors (Lipinski definition) is 0. The van der Waals surface area contributed by atoms with Gasteiger partial charge >= 0.3 is 5.97 Å². The molecule has 1 heterocycles. The lowest BCUT2D eigenvalue weighted by Crippen LogP contribution is -2.40. The van der Waals surface area contributed by atoms with E-state index in [-0.39, 0.29) is 17.5 Å². The van der Waals surface area contributed by atoms with Gasteiger partial charge in [-0.25, -0.2) is 0 Å². The van der Waals surface area contributed by atoms with Gasteiger partial charge in [-0.3, -0.25) is 4.79 Å². The minimum atomic E-state index is -0.357. The quantitative estimate of drug-likeness (QED) is 0.556. The molecular formula is C20H39NO2. The Labute approximate surface area is 144 Å². The van der Waals surface area contributed by atoms with E-state index in [2.05, 4.69) is 32.6 Å². The molecule has 0 saturated carbocycles. The van der Waals surface area contributed by atoms with Crippen LogP contribution in [0.25, 0.3) is 0 Å². The Bertz CT molecular complexity index is 355. The molecule has 3 nitrogen and oxygen atoms in total. The maximum Gasteiger partial charge on any atom is 0.311 e.